The fraction of sp³-hybridized carbons (Fsp3) is 0.474. The zero-order valence-electron chi connectivity index (χ0n) is 15.9. The zero-order chi connectivity index (χ0) is 19.6. The van der Waals surface area contributed by atoms with Crippen molar-refractivity contribution in [3.05, 3.63) is 47.0 Å². The van der Waals surface area contributed by atoms with Crippen LogP contribution in [0, 0.1) is 5.82 Å². The SMILES string of the molecule is COc1c(F)cccc1CN1CCn2nc([C@@H](O)CC(=O)N(C)C)cc2C1. The van der Waals surface area contributed by atoms with Gasteiger partial charge in [-0.05, 0) is 12.1 Å². The fourth-order valence-electron chi connectivity index (χ4n) is 3.24. The van der Waals surface area contributed by atoms with Gasteiger partial charge in [0.05, 0.1) is 31.5 Å². The summed E-state index contributed by atoms with van der Waals surface area (Å²) in [5.74, 6) is -0.240. The van der Waals surface area contributed by atoms with Crippen LogP contribution in [0.25, 0.3) is 0 Å². The lowest BCUT2D eigenvalue weighted by Gasteiger charge is -2.28. The van der Waals surface area contributed by atoms with Gasteiger partial charge in [-0.2, -0.15) is 5.10 Å². The number of para-hydroxylation sites is 1. The minimum absolute atomic E-state index is 0.00760. The molecule has 1 atom stereocenters. The number of halogens is 1. The Kier molecular flexibility index (Phi) is 5.76. The third-order valence-electron chi connectivity index (χ3n) is 4.75. The normalized spacial score (nSPS) is 15.3. The van der Waals surface area contributed by atoms with Gasteiger partial charge in [0.25, 0.3) is 0 Å². The molecule has 146 valence electrons. The molecular weight excluding hydrogens is 351 g/mol. The summed E-state index contributed by atoms with van der Waals surface area (Å²) in [6, 6.07) is 6.76. The lowest BCUT2D eigenvalue weighted by molar-refractivity contribution is -0.130. The number of methoxy groups -OCH3 is 1. The standard InChI is InChI=1S/C19H25FN4O3/c1-22(2)18(26)10-17(25)16-9-14-12-23(7-8-24(14)21-16)11-13-5-4-6-15(20)19(13)27-3/h4-6,9,17,25H,7-8,10-12H2,1-3H3/t17-/m0/s1. The lowest BCUT2D eigenvalue weighted by atomic mass is 10.1. The second-order valence-corrected chi connectivity index (χ2v) is 6.93. The molecule has 0 radical (unpaired) electrons. The fourth-order valence-corrected chi connectivity index (χ4v) is 3.24. The predicted molar refractivity (Wildman–Crippen MR) is 97.6 cm³/mol. The van der Waals surface area contributed by atoms with E-state index < -0.39 is 6.10 Å². The Labute approximate surface area is 157 Å². The molecule has 7 nitrogen and oxygen atoms in total. The Bertz CT molecular complexity index is 821. The summed E-state index contributed by atoms with van der Waals surface area (Å²) in [6.45, 7) is 2.60. The molecule has 0 saturated heterocycles. The molecule has 1 N–H and O–H groups in total. The topological polar surface area (TPSA) is 70.8 Å². The minimum Gasteiger partial charge on any atom is -0.493 e. The van der Waals surface area contributed by atoms with Crippen LogP contribution in [0.4, 0.5) is 4.39 Å². The average molecular weight is 376 g/mol. The van der Waals surface area contributed by atoms with E-state index in [0.717, 1.165) is 17.8 Å². The van der Waals surface area contributed by atoms with Crippen LogP contribution in [-0.2, 0) is 24.4 Å². The van der Waals surface area contributed by atoms with Crippen LogP contribution in [0.3, 0.4) is 0 Å². The molecule has 0 unspecified atom stereocenters. The highest BCUT2D eigenvalue weighted by Gasteiger charge is 2.24. The summed E-state index contributed by atoms with van der Waals surface area (Å²) < 4.78 is 20.9. The molecule has 3 rings (SSSR count). The third kappa shape index (κ3) is 4.28. The van der Waals surface area contributed by atoms with Gasteiger partial charge in [0.2, 0.25) is 5.91 Å². The smallest absolute Gasteiger partial charge is 0.225 e. The van der Waals surface area contributed by atoms with Gasteiger partial charge in [0.15, 0.2) is 11.6 Å². The summed E-state index contributed by atoms with van der Waals surface area (Å²) in [5.41, 5.74) is 2.26. The highest BCUT2D eigenvalue weighted by atomic mass is 19.1. The monoisotopic (exact) mass is 376 g/mol. The number of hydrogen-bond donors (Lipinski definition) is 1. The van der Waals surface area contributed by atoms with E-state index in [1.54, 1.807) is 20.2 Å². The molecule has 8 heteroatoms. The van der Waals surface area contributed by atoms with Crippen LogP contribution in [-0.4, -0.2) is 58.3 Å². The van der Waals surface area contributed by atoms with Crippen molar-refractivity contribution < 1.29 is 19.0 Å². The molecule has 27 heavy (non-hydrogen) atoms. The number of aliphatic hydroxyl groups is 1. The Morgan fingerprint density at radius 3 is 2.89 bits per heavy atom. The summed E-state index contributed by atoms with van der Waals surface area (Å²) in [6.07, 6.45) is -0.914. The van der Waals surface area contributed by atoms with E-state index in [2.05, 4.69) is 10.00 Å². The maximum atomic E-state index is 13.9. The zero-order valence-corrected chi connectivity index (χ0v) is 15.9. The largest absolute Gasteiger partial charge is 0.493 e. The van der Waals surface area contributed by atoms with Gasteiger partial charge in [-0.1, -0.05) is 12.1 Å². The summed E-state index contributed by atoms with van der Waals surface area (Å²) in [5, 5.41) is 14.7. The van der Waals surface area contributed by atoms with Gasteiger partial charge in [-0.3, -0.25) is 14.4 Å². The Morgan fingerprint density at radius 1 is 1.41 bits per heavy atom. The van der Waals surface area contributed by atoms with Gasteiger partial charge in [-0.25, -0.2) is 4.39 Å². The van der Waals surface area contributed by atoms with Crippen molar-refractivity contribution in [1.29, 1.82) is 0 Å². The predicted octanol–water partition coefficient (Wildman–Crippen LogP) is 1.56. The number of hydrogen-bond acceptors (Lipinski definition) is 5. The minimum atomic E-state index is -0.922. The second kappa shape index (κ2) is 8.06. The number of benzene rings is 1. The number of carbonyl (C=O) groups excluding carboxylic acids is 1. The van der Waals surface area contributed by atoms with Gasteiger partial charge >= 0.3 is 0 Å². The van der Waals surface area contributed by atoms with Gasteiger partial charge in [0, 0.05) is 39.3 Å². The number of aliphatic hydroxyl groups excluding tert-OH is 1. The van der Waals surface area contributed by atoms with Crippen LogP contribution in [0.5, 0.6) is 5.75 Å². The van der Waals surface area contributed by atoms with Crippen LogP contribution in [0.1, 0.15) is 29.5 Å². The van der Waals surface area contributed by atoms with Crippen LogP contribution >= 0.6 is 0 Å². The number of carbonyl (C=O) groups is 1. The van der Waals surface area contributed by atoms with Gasteiger partial charge < -0.3 is 14.7 Å². The molecule has 1 amide bonds. The van der Waals surface area contributed by atoms with Crippen molar-refractivity contribution in [2.45, 2.75) is 32.2 Å². The highest BCUT2D eigenvalue weighted by Crippen LogP contribution is 2.26. The maximum absolute atomic E-state index is 13.9. The molecule has 0 bridgehead atoms. The van der Waals surface area contributed by atoms with Crippen molar-refractivity contribution in [3.63, 3.8) is 0 Å². The van der Waals surface area contributed by atoms with E-state index in [1.165, 1.54) is 18.1 Å². The molecule has 2 heterocycles. The highest BCUT2D eigenvalue weighted by molar-refractivity contribution is 5.76. The molecule has 1 aliphatic rings. The quantitative estimate of drug-likeness (QED) is 0.829. The number of nitrogens with zero attached hydrogens (tertiary/aromatic N) is 4. The molecule has 0 fully saturated rings. The third-order valence-corrected chi connectivity index (χ3v) is 4.75. The van der Waals surface area contributed by atoms with Crippen molar-refractivity contribution >= 4 is 5.91 Å². The first-order valence-corrected chi connectivity index (χ1v) is 8.87. The molecule has 0 spiro atoms. The van der Waals surface area contributed by atoms with E-state index in [4.69, 9.17) is 4.74 Å². The number of ether oxygens (including phenoxy) is 1. The van der Waals surface area contributed by atoms with E-state index in [9.17, 15) is 14.3 Å². The number of rotatable bonds is 6. The van der Waals surface area contributed by atoms with Crippen molar-refractivity contribution in [2.24, 2.45) is 0 Å². The average Bonchev–Trinajstić information content (AvgIpc) is 3.05. The molecular formula is C19H25FN4O3. The van der Waals surface area contributed by atoms with E-state index in [-0.39, 0.29) is 23.9 Å². The van der Waals surface area contributed by atoms with Gasteiger partial charge in [-0.15, -0.1) is 0 Å². The summed E-state index contributed by atoms with van der Waals surface area (Å²) in [7, 11) is 4.79. The molecule has 2 aromatic rings. The second-order valence-electron chi connectivity index (χ2n) is 6.93. The Morgan fingerprint density at radius 2 is 2.19 bits per heavy atom. The van der Waals surface area contributed by atoms with Crippen molar-refractivity contribution in [3.8, 4) is 5.75 Å². The molecule has 1 aromatic heterocycles. The van der Waals surface area contributed by atoms with E-state index in [0.29, 0.717) is 25.3 Å². The number of aromatic nitrogens is 2. The first-order valence-electron chi connectivity index (χ1n) is 8.87. The Balaban J connectivity index is 1.69. The lowest BCUT2D eigenvalue weighted by Crippen LogP contribution is -2.33. The van der Waals surface area contributed by atoms with Crippen LogP contribution in [0.15, 0.2) is 24.3 Å². The van der Waals surface area contributed by atoms with Crippen LogP contribution < -0.4 is 4.74 Å². The van der Waals surface area contributed by atoms with Crippen molar-refractivity contribution in [2.75, 3.05) is 27.7 Å². The number of amides is 1. The van der Waals surface area contributed by atoms with E-state index >= 15 is 0 Å². The summed E-state index contributed by atoms with van der Waals surface area (Å²) >= 11 is 0. The van der Waals surface area contributed by atoms with E-state index in [1.807, 2.05) is 16.8 Å². The van der Waals surface area contributed by atoms with Gasteiger partial charge in [0.1, 0.15) is 6.10 Å². The molecule has 1 aromatic carbocycles. The molecule has 0 aliphatic carbocycles. The first kappa shape index (κ1) is 19.3. The first-order chi connectivity index (χ1) is 12.9. The molecule has 0 saturated carbocycles. The maximum Gasteiger partial charge on any atom is 0.225 e. The number of fused-ring (bicyclic) bond motifs is 1. The summed E-state index contributed by atoms with van der Waals surface area (Å²) in [4.78, 5) is 15.4. The Hall–Kier alpha value is -2.45. The molecule has 1 aliphatic heterocycles. The van der Waals surface area contributed by atoms with Crippen molar-refractivity contribution in [1.82, 2.24) is 19.6 Å². The van der Waals surface area contributed by atoms with Crippen LogP contribution in [0.2, 0.25) is 0 Å².